The lowest BCUT2D eigenvalue weighted by atomic mass is 10.1. The zero-order valence-corrected chi connectivity index (χ0v) is 10.4. The second-order valence-corrected chi connectivity index (χ2v) is 4.29. The predicted molar refractivity (Wildman–Crippen MR) is 69.7 cm³/mol. The molecule has 92 valence electrons. The van der Waals surface area contributed by atoms with E-state index in [1.54, 1.807) is 12.3 Å². The fourth-order valence-corrected chi connectivity index (χ4v) is 1.86. The van der Waals surface area contributed by atoms with Crippen LogP contribution in [0.1, 0.15) is 36.2 Å². The molecule has 2 rings (SSSR count). The first kappa shape index (κ1) is 12.3. The van der Waals surface area contributed by atoms with Crippen LogP contribution < -0.4 is 5.73 Å². The highest BCUT2D eigenvalue weighted by molar-refractivity contribution is 5.26. The summed E-state index contributed by atoms with van der Waals surface area (Å²) < 4.78 is 2.07. The van der Waals surface area contributed by atoms with Crippen molar-refractivity contribution in [1.29, 1.82) is 5.26 Å². The van der Waals surface area contributed by atoms with Crippen LogP contribution in [0.2, 0.25) is 0 Å². The molecule has 4 nitrogen and oxygen atoms in total. The van der Waals surface area contributed by atoms with Crippen molar-refractivity contribution in [2.45, 2.75) is 25.9 Å². The Bertz CT molecular complexity index is 565. The van der Waals surface area contributed by atoms with Gasteiger partial charge in [0, 0.05) is 31.2 Å². The van der Waals surface area contributed by atoms with E-state index >= 15 is 0 Å². The lowest BCUT2D eigenvalue weighted by molar-refractivity contribution is 0.693. The molecule has 0 aromatic carbocycles. The number of nitriles is 1. The molecule has 0 bridgehead atoms. The van der Waals surface area contributed by atoms with Crippen LogP contribution in [0.3, 0.4) is 0 Å². The van der Waals surface area contributed by atoms with Gasteiger partial charge >= 0.3 is 0 Å². The zero-order chi connectivity index (χ0) is 13.0. The van der Waals surface area contributed by atoms with Crippen molar-refractivity contribution in [1.82, 2.24) is 9.55 Å². The molecule has 0 aliphatic carbocycles. The summed E-state index contributed by atoms with van der Waals surface area (Å²) in [4.78, 5) is 3.96. The van der Waals surface area contributed by atoms with Crippen LogP contribution in [0.15, 0.2) is 36.8 Å². The largest absolute Gasteiger partial charge is 0.350 e. The monoisotopic (exact) mass is 240 g/mol. The summed E-state index contributed by atoms with van der Waals surface area (Å²) in [5.74, 6) is 0. The summed E-state index contributed by atoms with van der Waals surface area (Å²) >= 11 is 0. The van der Waals surface area contributed by atoms with Crippen LogP contribution in [0, 0.1) is 11.3 Å². The Morgan fingerprint density at radius 3 is 3.06 bits per heavy atom. The van der Waals surface area contributed by atoms with E-state index in [0.29, 0.717) is 5.69 Å². The molecule has 0 saturated carbocycles. The maximum atomic E-state index is 8.80. The molecule has 18 heavy (non-hydrogen) atoms. The van der Waals surface area contributed by atoms with E-state index in [1.807, 2.05) is 24.4 Å². The molecular formula is C14H16N4. The van der Waals surface area contributed by atoms with E-state index in [2.05, 4.69) is 22.7 Å². The first-order valence-corrected chi connectivity index (χ1v) is 5.99. The fraction of sp³-hybridized carbons (Fsp3) is 0.286. The van der Waals surface area contributed by atoms with E-state index in [1.165, 1.54) is 0 Å². The Balaban J connectivity index is 2.14. The number of rotatable bonds is 4. The molecule has 2 heterocycles. The van der Waals surface area contributed by atoms with Gasteiger partial charge in [-0.25, -0.2) is 4.98 Å². The van der Waals surface area contributed by atoms with Crippen molar-refractivity contribution in [3.05, 3.63) is 53.6 Å². The number of pyridine rings is 1. The average molecular weight is 240 g/mol. The molecular weight excluding hydrogens is 224 g/mol. The summed E-state index contributed by atoms with van der Waals surface area (Å²) in [6.45, 7) is 2.80. The summed E-state index contributed by atoms with van der Waals surface area (Å²) in [5, 5.41) is 8.80. The van der Waals surface area contributed by atoms with E-state index in [4.69, 9.17) is 11.0 Å². The summed E-state index contributed by atoms with van der Waals surface area (Å²) in [5.41, 5.74) is 8.64. The SMILES string of the molecule is CCC(N)c1ccn(Cc2ccnc(C#N)c2)c1. The van der Waals surface area contributed by atoms with Crippen LogP contribution in [-0.4, -0.2) is 9.55 Å². The van der Waals surface area contributed by atoms with Crippen molar-refractivity contribution >= 4 is 0 Å². The van der Waals surface area contributed by atoms with Gasteiger partial charge < -0.3 is 10.3 Å². The van der Waals surface area contributed by atoms with Gasteiger partial charge in [0.1, 0.15) is 11.8 Å². The van der Waals surface area contributed by atoms with Crippen molar-refractivity contribution in [3.8, 4) is 6.07 Å². The molecule has 2 aromatic rings. The molecule has 2 N–H and O–H groups in total. The van der Waals surface area contributed by atoms with Crippen LogP contribution in [0.5, 0.6) is 0 Å². The van der Waals surface area contributed by atoms with Crippen LogP contribution in [-0.2, 0) is 6.54 Å². The summed E-state index contributed by atoms with van der Waals surface area (Å²) in [6, 6.07) is 7.91. The van der Waals surface area contributed by atoms with Gasteiger partial charge in [0.15, 0.2) is 0 Å². The number of hydrogen-bond acceptors (Lipinski definition) is 3. The Hall–Kier alpha value is -2.12. The highest BCUT2D eigenvalue weighted by Gasteiger charge is 2.05. The minimum atomic E-state index is 0.0957. The zero-order valence-electron chi connectivity index (χ0n) is 10.4. The molecule has 0 fully saturated rings. The number of aromatic nitrogens is 2. The Labute approximate surface area is 107 Å². The highest BCUT2D eigenvalue weighted by Crippen LogP contribution is 2.14. The average Bonchev–Trinajstić information content (AvgIpc) is 2.86. The third kappa shape index (κ3) is 2.76. The van der Waals surface area contributed by atoms with E-state index < -0.39 is 0 Å². The number of nitrogens with zero attached hydrogens (tertiary/aromatic N) is 3. The van der Waals surface area contributed by atoms with Gasteiger partial charge in [0.2, 0.25) is 0 Å². The van der Waals surface area contributed by atoms with Crippen molar-refractivity contribution < 1.29 is 0 Å². The Morgan fingerprint density at radius 2 is 2.33 bits per heavy atom. The fourth-order valence-electron chi connectivity index (χ4n) is 1.86. The molecule has 0 saturated heterocycles. The van der Waals surface area contributed by atoms with E-state index in [9.17, 15) is 0 Å². The first-order chi connectivity index (χ1) is 8.72. The molecule has 0 aliphatic heterocycles. The van der Waals surface area contributed by atoms with Gasteiger partial charge in [0.25, 0.3) is 0 Å². The molecule has 4 heteroatoms. The predicted octanol–water partition coefficient (Wildman–Crippen LogP) is 2.21. The second-order valence-electron chi connectivity index (χ2n) is 4.29. The third-order valence-corrected chi connectivity index (χ3v) is 2.95. The summed E-state index contributed by atoms with van der Waals surface area (Å²) in [6.07, 6.45) is 6.66. The Morgan fingerprint density at radius 1 is 1.50 bits per heavy atom. The van der Waals surface area contributed by atoms with Gasteiger partial charge in [-0.15, -0.1) is 0 Å². The summed E-state index contributed by atoms with van der Waals surface area (Å²) in [7, 11) is 0. The third-order valence-electron chi connectivity index (χ3n) is 2.95. The van der Waals surface area contributed by atoms with Crippen LogP contribution in [0.4, 0.5) is 0 Å². The first-order valence-electron chi connectivity index (χ1n) is 5.99. The van der Waals surface area contributed by atoms with E-state index in [0.717, 1.165) is 24.1 Å². The molecule has 0 amide bonds. The molecule has 0 spiro atoms. The maximum absolute atomic E-state index is 8.80. The van der Waals surface area contributed by atoms with Crippen LogP contribution in [0.25, 0.3) is 0 Å². The van der Waals surface area contributed by atoms with Gasteiger partial charge in [0.05, 0.1) is 0 Å². The number of nitrogens with two attached hydrogens (primary N) is 1. The number of hydrogen-bond donors (Lipinski definition) is 1. The molecule has 0 aliphatic rings. The minimum absolute atomic E-state index is 0.0957. The van der Waals surface area contributed by atoms with E-state index in [-0.39, 0.29) is 6.04 Å². The van der Waals surface area contributed by atoms with Gasteiger partial charge in [-0.3, -0.25) is 0 Å². The van der Waals surface area contributed by atoms with Crippen LogP contribution >= 0.6 is 0 Å². The lowest BCUT2D eigenvalue weighted by Crippen LogP contribution is -2.07. The standard InChI is InChI=1S/C14H16N4/c1-2-14(16)12-4-6-18(10-12)9-11-3-5-17-13(7-11)8-15/h3-7,10,14H,2,9,16H2,1H3. The van der Waals surface area contributed by atoms with Gasteiger partial charge in [-0.2, -0.15) is 5.26 Å². The minimum Gasteiger partial charge on any atom is -0.350 e. The van der Waals surface area contributed by atoms with Crippen molar-refractivity contribution in [3.63, 3.8) is 0 Å². The molecule has 2 aromatic heterocycles. The molecule has 1 unspecified atom stereocenters. The Kier molecular flexibility index (Phi) is 3.75. The normalized spacial score (nSPS) is 12.1. The second kappa shape index (κ2) is 5.48. The van der Waals surface area contributed by atoms with Gasteiger partial charge in [-0.05, 0) is 35.7 Å². The molecule has 1 atom stereocenters. The maximum Gasteiger partial charge on any atom is 0.140 e. The molecule has 0 radical (unpaired) electrons. The highest BCUT2D eigenvalue weighted by atomic mass is 14.9. The topological polar surface area (TPSA) is 67.6 Å². The smallest absolute Gasteiger partial charge is 0.140 e. The quantitative estimate of drug-likeness (QED) is 0.890. The van der Waals surface area contributed by atoms with Crippen molar-refractivity contribution in [2.24, 2.45) is 5.73 Å². The van der Waals surface area contributed by atoms with Crippen molar-refractivity contribution in [2.75, 3.05) is 0 Å². The lowest BCUT2D eigenvalue weighted by Gasteiger charge is -2.06. The van der Waals surface area contributed by atoms with Gasteiger partial charge in [-0.1, -0.05) is 6.92 Å².